The summed E-state index contributed by atoms with van der Waals surface area (Å²) in [5.41, 5.74) is 2.03. The fourth-order valence-corrected chi connectivity index (χ4v) is 2.21. The van der Waals surface area contributed by atoms with Crippen molar-refractivity contribution in [2.45, 2.75) is 26.6 Å². The smallest absolute Gasteiger partial charge is 0.392 e. The molecule has 0 bridgehead atoms. The predicted octanol–water partition coefficient (Wildman–Crippen LogP) is 3.61. The van der Waals surface area contributed by atoms with Crippen LogP contribution in [0.3, 0.4) is 0 Å². The van der Waals surface area contributed by atoms with Gasteiger partial charge in [-0.3, -0.25) is 0 Å². The molecule has 1 aromatic carbocycles. The minimum Gasteiger partial charge on any atom is -0.392 e. The summed E-state index contributed by atoms with van der Waals surface area (Å²) in [6, 6.07) is 6.94. The fraction of sp³-hybridized carbons (Fsp3) is 0.286. The van der Waals surface area contributed by atoms with Crippen molar-refractivity contribution in [3.63, 3.8) is 0 Å². The number of alkyl halides is 3. The number of nitrogens with zero attached hydrogens (tertiary/aromatic N) is 1. The molecule has 0 saturated heterocycles. The third-order valence-electron chi connectivity index (χ3n) is 3.14. The Morgan fingerprint density at radius 1 is 1.16 bits per heavy atom. The number of aliphatic hydroxyl groups is 1. The average molecular weight is 269 g/mol. The van der Waals surface area contributed by atoms with Crippen LogP contribution in [0.5, 0.6) is 0 Å². The highest BCUT2D eigenvalue weighted by Gasteiger charge is 2.30. The largest absolute Gasteiger partial charge is 0.416 e. The average Bonchev–Trinajstić information content (AvgIpc) is 2.63. The van der Waals surface area contributed by atoms with Gasteiger partial charge in [-0.15, -0.1) is 0 Å². The van der Waals surface area contributed by atoms with Crippen LogP contribution < -0.4 is 0 Å². The Bertz CT molecular complexity index is 599. The molecule has 0 aliphatic carbocycles. The van der Waals surface area contributed by atoms with Crippen molar-refractivity contribution in [2.24, 2.45) is 0 Å². The third-order valence-corrected chi connectivity index (χ3v) is 3.14. The predicted molar refractivity (Wildman–Crippen MR) is 66.2 cm³/mol. The standard InChI is InChI=1S/C14H14F3NO/c1-9-6-11(8-19)10(2)18(9)13-5-3-4-12(7-13)14(15,16)17/h3-7,19H,8H2,1-2H3. The van der Waals surface area contributed by atoms with Crippen LogP contribution in [-0.2, 0) is 12.8 Å². The number of aliphatic hydroxyl groups excluding tert-OH is 1. The van der Waals surface area contributed by atoms with Gasteiger partial charge in [0.25, 0.3) is 0 Å². The van der Waals surface area contributed by atoms with Gasteiger partial charge in [-0.05, 0) is 43.7 Å². The SMILES string of the molecule is Cc1cc(CO)c(C)n1-c1cccc(C(F)(F)F)c1. The van der Waals surface area contributed by atoms with Gasteiger partial charge in [-0.2, -0.15) is 13.2 Å². The Kier molecular flexibility index (Phi) is 3.41. The first-order valence-electron chi connectivity index (χ1n) is 5.81. The normalized spacial score (nSPS) is 11.9. The van der Waals surface area contributed by atoms with Gasteiger partial charge in [0.05, 0.1) is 12.2 Å². The summed E-state index contributed by atoms with van der Waals surface area (Å²) in [5.74, 6) is 0. The van der Waals surface area contributed by atoms with Crippen LogP contribution in [0.2, 0.25) is 0 Å². The van der Waals surface area contributed by atoms with E-state index in [4.69, 9.17) is 0 Å². The van der Waals surface area contributed by atoms with Crippen LogP contribution in [0.25, 0.3) is 5.69 Å². The summed E-state index contributed by atoms with van der Waals surface area (Å²) in [6.07, 6.45) is -4.36. The van der Waals surface area contributed by atoms with Crippen molar-refractivity contribution in [1.82, 2.24) is 4.57 Å². The Balaban J connectivity index is 2.57. The first-order valence-corrected chi connectivity index (χ1v) is 5.81. The molecular formula is C14H14F3NO. The lowest BCUT2D eigenvalue weighted by atomic mass is 10.2. The molecule has 0 fully saturated rings. The maximum Gasteiger partial charge on any atom is 0.416 e. The van der Waals surface area contributed by atoms with E-state index < -0.39 is 11.7 Å². The Hall–Kier alpha value is -1.75. The van der Waals surface area contributed by atoms with Crippen LogP contribution in [-0.4, -0.2) is 9.67 Å². The molecule has 2 rings (SSSR count). The second-order valence-corrected chi connectivity index (χ2v) is 4.44. The lowest BCUT2D eigenvalue weighted by Gasteiger charge is -2.13. The molecule has 0 atom stereocenters. The van der Waals surface area contributed by atoms with Crippen molar-refractivity contribution >= 4 is 0 Å². The minimum atomic E-state index is -4.36. The van der Waals surface area contributed by atoms with E-state index in [1.807, 2.05) is 0 Å². The van der Waals surface area contributed by atoms with Crippen LogP contribution in [0, 0.1) is 13.8 Å². The van der Waals surface area contributed by atoms with Gasteiger partial charge >= 0.3 is 6.18 Å². The monoisotopic (exact) mass is 269 g/mol. The van der Waals surface area contributed by atoms with E-state index in [1.54, 1.807) is 30.5 Å². The van der Waals surface area contributed by atoms with E-state index in [-0.39, 0.29) is 6.61 Å². The summed E-state index contributed by atoms with van der Waals surface area (Å²) in [6.45, 7) is 3.45. The lowest BCUT2D eigenvalue weighted by molar-refractivity contribution is -0.137. The summed E-state index contributed by atoms with van der Waals surface area (Å²) in [4.78, 5) is 0. The zero-order chi connectivity index (χ0) is 14.2. The quantitative estimate of drug-likeness (QED) is 0.885. The number of aromatic nitrogens is 1. The van der Waals surface area contributed by atoms with Gasteiger partial charge in [-0.25, -0.2) is 0 Å². The van der Waals surface area contributed by atoms with E-state index in [0.29, 0.717) is 5.69 Å². The molecular weight excluding hydrogens is 255 g/mol. The maximum absolute atomic E-state index is 12.7. The van der Waals surface area contributed by atoms with Gasteiger partial charge in [0.1, 0.15) is 0 Å². The molecule has 102 valence electrons. The molecule has 0 spiro atoms. The molecule has 0 radical (unpaired) electrons. The van der Waals surface area contributed by atoms with Crippen molar-refractivity contribution < 1.29 is 18.3 Å². The molecule has 1 heterocycles. The molecule has 0 saturated carbocycles. The molecule has 0 unspecified atom stereocenters. The molecule has 0 aliphatic rings. The topological polar surface area (TPSA) is 25.2 Å². The number of hydrogen-bond acceptors (Lipinski definition) is 1. The van der Waals surface area contributed by atoms with E-state index in [9.17, 15) is 18.3 Å². The molecule has 2 nitrogen and oxygen atoms in total. The van der Waals surface area contributed by atoms with Gasteiger partial charge in [0, 0.05) is 17.1 Å². The highest BCUT2D eigenvalue weighted by Crippen LogP contribution is 2.31. The zero-order valence-electron chi connectivity index (χ0n) is 10.6. The first-order chi connectivity index (χ1) is 8.84. The molecule has 0 aliphatic heterocycles. The second-order valence-electron chi connectivity index (χ2n) is 4.44. The van der Waals surface area contributed by atoms with E-state index in [1.165, 1.54) is 6.07 Å². The van der Waals surface area contributed by atoms with Crippen molar-refractivity contribution in [1.29, 1.82) is 0 Å². The molecule has 1 N–H and O–H groups in total. The summed E-state index contributed by atoms with van der Waals surface area (Å²) < 4.78 is 39.8. The van der Waals surface area contributed by atoms with Crippen LogP contribution in [0.4, 0.5) is 13.2 Å². The highest BCUT2D eigenvalue weighted by molar-refractivity contribution is 5.43. The zero-order valence-corrected chi connectivity index (χ0v) is 10.6. The molecule has 1 aromatic heterocycles. The van der Waals surface area contributed by atoms with E-state index in [2.05, 4.69) is 0 Å². The highest BCUT2D eigenvalue weighted by atomic mass is 19.4. The third kappa shape index (κ3) is 2.51. The van der Waals surface area contributed by atoms with Crippen LogP contribution >= 0.6 is 0 Å². The molecule has 19 heavy (non-hydrogen) atoms. The minimum absolute atomic E-state index is 0.126. The summed E-state index contributed by atoms with van der Waals surface area (Å²) in [5, 5.41) is 9.19. The van der Waals surface area contributed by atoms with Crippen LogP contribution in [0.1, 0.15) is 22.5 Å². The number of hydrogen-bond donors (Lipinski definition) is 1. The summed E-state index contributed by atoms with van der Waals surface area (Å²) in [7, 11) is 0. The van der Waals surface area contributed by atoms with Crippen molar-refractivity contribution in [3.05, 3.63) is 52.8 Å². The Labute approximate surface area is 109 Å². The second kappa shape index (κ2) is 4.74. The number of benzene rings is 1. The molecule has 2 aromatic rings. The lowest BCUT2D eigenvalue weighted by Crippen LogP contribution is -2.07. The Morgan fingerprint density at radius 2 is 1.84 bits per heavy atom. The number of aryl methyl sites for hydroxylation is 1. The van der Waals surface area contributed by atoms with Crippen LogP contribution in [0.15, 0.2) is 30.3 Å². The Morgan fingerprint density at radius 3 is 2.37 bits per heavy atom. The number of rotatable bonds is 2. The van der Waals surface area contributed by atoms with Gasteiger partial charge in [0.2, 0.25) is 0 Å². The first kappa shape index (κ1) is 13.7. The van der Waals surface area contributed by atoms with E-state index >= 15 is 0 Å². The molecule has 5 heteroatoms. The van der Waals surface area contributed by atoms with Crippen molar-refractivity contribution in [3.8, 4) is 5.69 Å². The molecule has 0 amide bonds. The van der Waals surface area contributed by atoms with Gasteiger partial charge in [0.15, 0.2) is 0 Å². The summed E-state index contributed by atoms with van der Waals surface area (Å²) >= 11 is 0. The maximum atomic E-state index is 12.7. The van der Waals surface area contributed by atoms with E-state index in [0.717, 1.165) is 29.1 Å². The van der Waals surface area contributed by atoms with Gasteiger partial charge in [-0.1, -0.05) is 6.07 Å². The number of halogens is 3. The fourth-order valence-electron chi connectivity index (χ4n) is 2.21. The van der Waals surface area contributed by atoms with Gasteiger partial charge < -0.3 is 9.67 Å². The van der Waals surface area contributed by atoms with Crippen molar-refractivity contribution in [2.75, 3.05) is 0 Å².